The summed E-state index contributed by atoms with van der Waals surface area (Å²) in [7, 11) is -8.25. The highest BCUT2D eigenvalue weighted by Crippen LogP contribution is 2.32. The second-order valence-electron chi connectivity index (χ2n) is 7.53. The van der Waals surface area contributed by atoms with E-state index in [4.69, 9.17) is 9.94 Å². The zero-order chi connectivity index (χ0) is 25.9. The van der Waals surface area contributed by atoms with Crippen LogP contribution in [0.5, 0.6) is 10.8 Å². The summed E-state index contributed by atoms with van der Waals surface area (Å²) in [6.45, 7) is -0.282. The Bertz CT molecular complexity index is 1490. The summed E-state index contributed by atoms with van der Waals surface area (Å²) >= 11 is 0.814. The average Bonchev–Trinajstić information content (AvgIpc) is 3.41. The molecule has 0 unspecified atom stereocenters. The van der Waals surface area contributed by atoms with Gasteiger partial charge in [-0.15, -0.1) is 0 Å². The number of nitrogens with zero attached hydrogens (tertiary/aromatic N) is 2. The van der Waals surface area contributed by atoms with Crippen molar-refractivity contribution >= 4 is 43.2 Å². The Hall–Kier alpha value is -3.37. The van der Waals surface area contributed by atoms with Gasteiger partial charge in [0.15, 0.2) is 5.06 Å². The monoisotopic (exact) mass is 552 g/mol. The highest BCUT2D eigenvalue weighted by molar-refractivity contribution is 7.91. The molecule has 0 aliphatic carbocycles. The maximum atomic E-state index is 12.9. The van der Waals surface area contributed by atoms with E-state index in [0.717, 1.165) is 11.3 Å². The Kier molecular flexibility index (Phi) is 7.37. The molecule has 0 fully saturated rings. The smallest absolute Gasteiger partial charge is 0.269 e. The van der Waals surface area contributed by atoms with Gasteiger partial charge in [0, 0.05) is 18.9 Å². The Morgan fingerprint density at radius 1 is 1.14 bits per heavy atom. The van der Waals surface area contributed by atoms with E-state index in [9.17, 15) is 26.4 Å². The molecular formula is C21H20N4O8S3. The summed E-state index contributed by atoms with van der Waals surface area (Å²) < 4.78 is 59.4. The lowest BCUT2D eigenvalue weighted by Gasteiger charge is -2.19. The normalized spacial score (nSPS) is 15.4. The molecule has 1 aliphatic rings. The molecule has 1 aliphatic heterocycles. The molecule has 15 heteroatoms. The third-order valence-corrected chi connectivity index (χ3v) is 9.95. The van der Waals surface area contributed by atoms with Crippen molar-refractivity contribution in [3.05, 3.63) is 66.5 Å². The maximum absolute atomic E-state index is 12.9. The Morgan fingerprint density at radius 2 is 1.86 bits per heavy atom. The number of rotatable bonds is 10. The van der Waals surface area contributed by atoms with Crippen LogP contribution in [0.1, 0.15) is 23.2 Å². The molecule has 4 rings (SSSR count). The minimum atomic E-state index is -4.21. The number of ether oxygens (including phenoxy) is 1. The summed E-state index contributed by atoms with van der Waals surface area (Å²) in [6.07, 6.45) is 2.77. The number of nitrogens with one attached hydrogen (secondary N) is 2. The second-order valence-corrected chi connectivity index (χ2v) is 12.3. The molecule has 36 heavy (non-hydrogen) atoms. The molecule has 3 aromatic rings. The molecule has 0 saturated heterocycles. The SMILES string of the molecule is O=C(NO)[C@@H](CCCN1C(=O)c2ccccc2S1(=O)=O)NS(=O)(=O)c1ccc(Oc2ccncc2)s1. The van der Waals surface area contributed by atoms with Gasteiger partial charge < -0.3 is 4.74 Å². The molecule has 3 N–H and O–H groups in total. The first-order valence-electron chi connectivity index (χ1n) is 10.4. The Balaban J connectivity index is 1.42. The van der Waals surface area contributed by atoms with Crippen molar-refractivity contribution in [2.45, 2.75) is 28.0 Å². The van der Waals surface area contributed by atoms with Gasteiger partial charge in [0.05, 0.1) is 5.56 Å². The van der Waals surface area contributed by atoms with Crippen LogP contribution in [0.3, 0.4) is 0 Å². The number of thiophene rings is 1. The lowest BCUT2D eigenvalue weighted by atomic mass is 10.1. The third-order valence-electron chi connectivity index (χ3n) is 5.18. The summed E-state index contributed by atoms with van der Waals surface area (Å²) in [6, 6.07) is 10.3. The number of pyridine rings is 1. The average molecular weight is 553 g/mol. The predicted molar refractivity (Wildman–Crippen MR) is 127 cm³/mol. The van der Waals surface area contributed by atoms with Gasteiger partial charge in [-0.2, -0.15) is 4.72 Å². The first-order valence-corrected chi connectivity index (χ1v) is 14.2. The number of amides is 2. The first kappa shape index (κ1) is 25.7. The van der Waals surface area contributed by atoms with Gasteiger partial charge in [-0.25, -0.2) is 26.6 Å². The maximum Gasteiger partial charge on any atom is 0.269 e. The van der Waals surface area contributed by atoms with Crippen LogP contribution in [0.25, 0.3) is 0 Å². The van der Waals surface area contributed by atoms with Crippen molar-refractivity contribution in [3.8, 4) is 10.8 Å². The van der Waals surface area contributed by atoms with E-state index in [0.29, 0.717) is 10.1 Å². The van der Waals surface area contributed by atoms with Crippen LogP contribution in [-0.2, 0) is 24.8 Å². The number of aromatic nitrogens is 1. The van der Waals surface area contributed by atoms with Gasteiger partial charge >= 0.3 is 0 Å². The van der Waals surface area contributed by atoms with Gasteiger partial charge in [0.1, 0.15) is 20.9 Å². The van der Waals surface area contributed by atoms with E-state index >= 15 is 0 Å². The van der Waals surface area contributed by atoms with Crippen LogP contribution >= 0.6 is 11.3 Å². The van der Waals surface area contributed by atoms with Crippen molar-refractivity contribution in [1.29, 1.82) is 0 Å². The molecule has 12 nitrogen and oxygen atoms in total. The van der Waals surface area contributed by atoms with E-state index in [1.165, 1.54) is 48.2 Å². The van der Waals surface area contributed by atoms with Crippen LogP contribution in [0.4, 0.5) is 0 Å². The predicted octanol–water partition coefficient (Wildman–Crippen LogP) is 1.71. The van der Waals surface area contributed by atoms with Crippen LogP contribution in [0.2, 0.25) is 0 Å². The van der Waals surface area contributed by atoms with Crippen LogP contribution in [-0.4, -0.2) is 55.7 Å². The standard InChI is InChI=1S/C21H20N4O8S3/c26-20(23-28)16(5-3-13-25-21(27)15-4-1-2-6-17(15)36(25,31)32)24-35(29,30)19-8-7-18(34-19)33-14-9-11-22-12-10-14/h1-2,4,6-12,16,24,28H,3,5,13H2,(H,23,26)/t16-/m1/s1. The van der Waals surface area contributed by atoms with E-state index in [2.05, 4.69) is 9.71 Å². The number of carbonyl (C=O) groups is 2. The zero-order valence-corrected chi connectivity index (χ0v) is 20.8. The number of hydroxylamine groups is 1. The number of fused-ring (bicyclic) bond motifs is 1. The van der Waals surface area contributed by atoms with Gasteiger partial charge in [-0.05, 0) is 49.2 Å². The number of benzene rings is 1. The van der Waals surface area contributed by atoms with Crippen molar-refractivity contribution in [3.63, 3.8) is 0 Å². The highest BCUT2D eigenvalue weighted by Gasteiger charge is 2.40. The fourth-order valence-corrected chi connectivity index (χ4v) is 7.49. The second kappa shape index (κ2) is 10.3. The van der Waals surface area contributed by atoms with Crippen LogP contribution < -0.4 is 14.9 Å². The van der Waals surface area contributed by atoms with E-state index in [1.54, 1.807) is 18.2 Å². The van der Waals surface area contributed by atoms with E-state index in [-0.39, 0.29) is 39.1 Å². The first-order chi connectivity index (χ1) is 17.1. The van der Waals surface area contributed by atoms with E-state index < -0.39 is 37.9 Å². The highest BCUT2D eigenvalue weighted by atomic mass is 32.2. The van der Waals surface area contributed by atoms with Crippen molar-refractivity contribution < 1.29 is 36.4 Å². The fourth-order valence-electron chi connectivity index (χ4n) is 3.48. The number of hydrogen-bond donors (Lipinski definition) is 3. The molecule has 0 saturated carbocycles. The van der Waals surface area contributed by atoms with Gasteiger partial charge in [-0.1, -0.05) is 23.5 Å². The molecule has 0 bridgehead atoms. The van der Waals surface area contributed by atoms with Crippen molar-refractivity contribution in [1.82, 2.24) is 19.5 Å². The molecule has 2 aromatic heterocycles. The van der Waals surface area contributed by atoms with Gasteiger partial charge in [0.2, 0.25) is 0 Å². The molecule has 1 aromatic carbocycles. The molecule has 0 spiro atoms. The minimum absolute atomic E-state index is 0.0466. The lowest BCUT2D eigenvalue weighted by molar-refractivity contribution is -0.131. The number of hydrogen-bond acceptors (Lipinski definition) is 10. The van der Waals surface area contributed by atoms with Crippen molar-refractivity contribution in [2.75, 3.05) is 6.54 Å². The summed E-state index contributed by atoms with van der Waals surface area (Å²) in [5.41, 5.74) is 1.45. The summed E-state index contributed by atoms with van der Waals surface area (Å²) in [4.78, 5) is 28.4. The Labute approximate surface area is 210 Å². The van der Waals surface area contributed by atoms with E-state index in [1.807, 2.05) is 0 Å². The van der Waals surface area contributed by atoms with Gasteiger partial charge in [-0.3, -0.25) is 19.8 Å². The van der Waals surface area contributed by atoms with Gasteiger partial charge in [0.25, 0.3) is 31.9 Å². The molecule has 1 atom stereocenters. The summed E-state index contributed by atoms with van der Waals surface area (Å²) in [5.74, 6) is -1.29. The summed E-state index contributed by atoms with van der Waals surface area (Å²) in [5, 5.41) is 9.36. The van der Waals surface area contributed by atoms with Crippen LogP contribution in [0.15, 0.2) is 70.0 Å². The van der Waals surface area contributed by atoms with Crippen molar-refractivity contribution in [2.24, 2.45) is 0 Å². The third kappa shape index (κ3) is 5.24. The topological polar surface area (TPSA) is 172 Å². The largest absolute Gasteiger partial charge is 0.447 e. The molecular weight excluding hydrogens is 532 g/mol. The lowest BCUT2D eigenvalue weighted by Crippen LogP contribution is -2.46. The molecule has 0 radical (unpaired) electrons. The molecule has 3 heterocycles. The molecule has 2 amide bonds. The fraction of sp³-hybridized carbons (Fsp3) is 0.190. The quantitative estimate of drug-likeness (QED) is 0.250. The zero-order valence-electron chi connectivity index (χ0n) is 18.4. The van der Waals surface area contributed by atoms with Crippen LogP contribution in [0, 0.1) is 0 Å². The minimum Gasteiger partial charge on any atom is -0.447 e. The Morgan fingerprint density at radius 3 is 2.56 bits per heavy atom. The number of carbonyl (C=O) groups excluding carboxylic acids is 2. The number of sulfonamides is 2. The molecule has 190 valence electrons.